The minimum absolute atomic E-state index is 0.0572. The molecule has 0 bridgehead atoms. The Balaban J connectivity index is 1.51. The molecule has 0 radical (unpaired) electrons. The summed E-state index contributed by atoms with van der Waals surface area (Å²) in [6, 6.07) is 0. The van der Waals surface area contributed by atoms with Crippen molar-refractivity contribution in [3.63, 3.8) is 0 Å². The van der Waals surface area contributed by atoms with E-state index in [1.165, 1.54) is 39.0 Å². The smallest absolute Gasteiger partial charge is 0.302 e. The Labute approximate surface area is 226 Å². The molecule has 208 valence electrons. The standard InChI is InChI=1S/C32H52O4Si/c1-21(17-23(20-33)19-30(3,4)37(7,8)35)27-11-12-28-26-10-9-24-18-25(36-22(2)34)13-15-31(24,5)29(26)14-16-32(27,28)6/h9,17,20-21,25-29,35H,10-16,18-19H2,1-8H3/b23-17-/t21-,25+,26?,27-,28?,29?,31+,32-/m1/s1. The van der Waals surface area contributed by atoms with Gasteiger partial charge in [-0.25, -0.2) is 0 Å². The maximum atomic E-state index is 12.1. The summed E-state index contributed by atoms with van der Waals surface area (Å²) in [7, 11) is -2.37. The lowest BCUT2D eigenvalue weighted by Crippen LogP contribution is -2.51. The van der Waals surface area contributed by atoms with Gasteiger partial charge in [0, 0.05) is 13.3 Å². The molecule has 0 aliphatic heterocycles. The molecule has 4 nitrogen and oxygen atoms in total. The summed E-state index contributed by atoms with van der Waals surface area (Å²) in [6.07, 6.45) is 15.9. The Bertz CT molecular complexity index is 958. The number of ether oxygens (including phenoxy) is 1. The van der Waals surface area contributed by atoms with Crippen molar-refractivity contribution < 1.29 is 19.1 Å². The van der Waals surface area contributed by atoms with Crippen LogP contribution in [0.4, 0.5) is 0 Å². The molecule has 0 aromatic carbocycles. The van der Waals surface area contributed by atoms with Crippen molar-refractivity contribution in [1.29, 1.82) is 0 Å². The molecule has 3 fully saturated rings. The second-order valence-electron chi connectivity index (χ2n) is 14.8. The van der Waals surface area contributed by atoms with Crippen molar-refractivity contribution >= 4 is 20.6 Å². The second kappa shape index (κ2) is 10.1. The first kappa shape index (κ1) is 28.8. The summed E-state index contributed by atoms with van der Waals surface area (Å²) in [6.45, 7) is 17.1. The van der Waals surface area contributed by atoms with Gasteiger partial charge in [0.1, 0.15) is 12.4 Å². The molecule has 0 amide bonds. The van der Waals surface area contributed by atoms with E-state index in [2.05, 4.69) is 46.8 Å². The van der Waals surface area contributed by atoms with Crippen molar-refractivity contribution in [2.45, 2.75) is 124 Å². The largest absolute Gasteiger partial charge is 0.462 e. The van der Waals surface area contributed by atoms with Gasteiger partial charge < -0.3 is 9.53 Å². The predicted octanol–water partition coefficient (Wildman–Crippen LogP) is 7.63. The molecule has 0 aromatic rings. The zero-order valence-electron chi connectivity index (χ0n) is 24.7. The van der Waals surface area contributed by atoms with E-state index >= 15 is 0 Å². The van der Waals surface area contributed by atoms with Crippen LogP contribution >= 0.6 is 0 Å². The van der Waals surface area contributed by atoms with Crippen LogP contribution in [0.15, 0.2) is 23.3 Å². The molecule has 4 aliphatic carbocycles. The molecule has 8 atom stereocenters. The molecule has 3 unspecified atom stereocenters. The Morgan fingerprint density at radius 2 is 1.89 bits per heavy atom. The van der Waals surface area contributed by atoms with Crippen LogP contribution in [0.1, 0.15) is 99.3 Å². The predicted molar refractivity (Wildman–Crippen MR) is 152 cm³/mol. The van der Waals surface area contributed by atoms with Gasteiger partial charge in [-0.1, -0.05) is 52.3 Å². The average molecular weight is 529 g/mol. The number of hydrogen-bond donors (Lipinski definition) is 1. The quantitative estimate of drug-likeness (QED) is 0.121. The van der Waals surface area contributed by atoms with E-state index in [-0.39, 0.29) is 22.5 Å². The van der Waals surface area contributed by atoms with Gasteiger partial charge in [-0.15, -0.1) is 0 Å². The molecule has 5 heteroatoms. The third-order valence-corrected chi connectivity index (χ3v) is 15.5. The van der Waals surface area contributed by atoms with Gasteiger partial charge in [0.25, 0.3) is 0 Å². The highest BCUT2D eigenvalue weighted by atomic mass is 28.4. The third-order valence-electron chi connectivity index (χ3n) is 12.0. The van der Waals surface area contributed by atoms with Crippen molar-refractivity contribution in [3.8, 4) is 0 Å². The molecular formula is C32H52O4Si. The van der Waals surface area contributed by atoms with Crippen molar-refractivity contribution in [1.82, 2.24) is 0 Å². The summed E-state index contributed by atoms with van der Waals surface area (Å²) in [4.78, 5) is 34.4. The molecule has 0 saturated heterocycles. The summed E-state index contributed by atoms with van der Waals surface area (Å²) < 4.78 is 5.61. The zero-order chi connectivity index (χ0) is 27.4. The van der Waals surface area contributed by atoms with Crippen LogP contribution in [0, 0.1) is 40.4 Å². The van der Waals surface area contributed by atoms with E-state index in [4.69, 9.17) is 4.74 Å². The maximum absolute atomic E-state index is 12.1. The summed E-state index contributed by atoms with van der Waals surface area (Å²) in [5.74, 6) is 3.04. The van der Waals surface area contributed by atoms with E-state index in [9.17, 15) is 14.4 Å². The van der Waals surface area contributed by atoms with E-state index in [0.717, 1.165) is 48.9 Å². The Morgan fingerprint density at radius 1 is 1.19 bits per heavy atom. The number of hydrogen-bond acceptors (Lipinski definition) is 4. The summed E-state index contributed by atoms with van der Waals surface area (Å²) in [5.41, 5.74) is 2.99. The maximum Gasteiger partial charge on any atom is 0.302 e. The van der Waals surface area contributed by atoms with Crippen LogP contribution in [-0.4, -0.2) is 31.5 Å². The first-order chi connectivity index (χ1) is 17.1. The molecule has 0 heterocycles. The first-order valence-electron chi connectivity index (χ1n) is 14.9. The number of aldehydes is 1. The number of fused-ring (bicyclic) bond motifs is 5. The van der Waals surface area contributed by atoms with Crippen LogP contribution in [0.3, 0.4) is 0 Å². The normalized spacial score (nSPS) is 39.1. The van der Waals surface area contributed by atoms with Crippen molar-refractivity contribution in [3.05, 3.63) is 23.3 Å². The first-order valence-corrected chi connectivity index (χ1v) is 17.8. The van der Waals surface area contributed by atoms with Crippen molar-refractivity contribution in [2.24, 2.45) is 40.4 Å². The molecule has 3 saturated carbocycles. The molecule has 1 N–H and O–H groups in total. The third kappa shape index (κ3) is 5.21. The average Bonchev–Trinajstić information content (AvgIpc) is 3.15. The van der Waals surface area contributed by atoms with Gasteiger partial charge in [0.15, 0.2) is 8.32 Å². The Morgan fingerprint density at radius 3 is 2.51 bits per heavy atom. The monoisotopic (exact) mass is 528 g/mol. The number of carbonyl (C=O) groups excluding carboxylic acids is 2. The SMILES string of the molecule is CC(=O)O[C@H]1CC[C@@]2(C)C(=CCC3C2CC[C@@]2(C)C3CC[C@@H]2[C@H](C)/C=C(\C=O)CC(C)(C)[Si](C)(C)O)C1. The minimum atomic E-state index is -2.37. The Hall–Kier alpha value is -1.20. The minimum Gasteiger partial charge on any atom is -0.462 e. The van der Waals surface area contributed by atoms with Gasteiger partial charge in [0.2, 0.25) is 0 Å². The van der Waals surface area contributed by atoms with E-state index < -0.39 is 8.32 Å². The second-order valence-corrected chi connectivity index (χ2v) is 19.3. The van der Waals surface area contributed by atoms with Gasteiger partial charge >= 0.3 is 5.97 Å². The molecule has 0 aromatic heterocycles. The topological polar surface area (TPSA) is 63.6 Å². The van der Waals surface area contributed by atoms with E-state index in [1.54, 1.807) is 5.57 Å². The van der Waals surface area contributed by atoms with Crippen molar-refractivity contribution in [2.75, 3.05) is 0 Å². The fraction of sp³-hybridized carbons (Fsp3) is 0.812. The van der Waals surface area contributed by atoms with Gasteiger partial charge in [-0.3, -0.25) is 9.59 Å². The summed E-state index contributed by atoms with van der Waals surface area (Å²) in [5, 5.41) is -0.227. The highest BCUT2D eigenvalue weighted by Gasteiger charge is 2.59. The van der Waals surface area contributed by atoms with Gasteiger partial charge in [-0.05, 0) is 115 Å². The zero-order valence-corrected chi connectivity index (χ0v) is 25.7. The summed E-state index contributed by atoms with van der Waals surface area (Å²) >= 11 is 0. The molecule has 4 aliphatic rings. The fourth-order valence-corrected chi connectivity index (χ4v) is 9.82. The molecule has 4 rings (SSSR count). The van der Waals surface area contributed by atoms with Crippen LogP contribution in [0.5, 0.6) is 0 Å². The number of rotatable bonds is 7. The molecule has 0 spiro atoms. The van der Waals surface area contributed by atoms with Gasteiger partial charge in [0.05, 0.1) is 0 Å². The number of carbonyl (C=O) groups is 2. The number of esters is 1. The fourth-order valence-electron chi connectivity index (χ4n) is 9.19. The lowest BCUT2D eigenvalue weighted by Gasteiger charge is -2.58. The van der Waals surface area contributed by atoms with Crippen LogP contribution in [0.2, 0.25) is 18.1 Å². The van der Waals surface area contributed by atoms with Crippen LogP contribution < -0.4 is 0 Å². The Kier molecular flexibility index (Phi) is 7.84. The van der Waals surface area contributed by atoms with E-state index in [1.807, 2.05) is 13.1 Å². The van der Waals surface area contributed by atoms with Gasteiger partial charge in [-0.2, -0.15) is 0 Å². The molecule has 37 heavy (non-hydrogen) atoms. The van der Waals surface area contributed by atoms with E-state index in [0.29, 0.717) is 23.7 Å². The number of allylic oxidation sites excluding steroid dienone is 3. The highest BCUT2D eigenvalue weighted by molar-refractivity contribution is 6.72. The lowest BCUT2D eigenvalue weighted by atomic mass is 9.47. The highest BCUT2D eigenvalue weighted by Crippen LogP contribution is 2.67. The van der Waals surface area contributed by atoms with Crippen LogP contribution in [-0.2, 0) is 14.3 Å². The molecular weight excluding hydrogens is 476 g/mol. The lowest BCUT2D eigenvalue weighted by molar-refractivity contribution is -0.148. The van der Waals surface area contributed by atoms with Crippen LogP contribution in [0.25, 0.3) is 0 Å².